The van der Waals surface area contributed by atoms with Crippen LogP contribution in [0.2, 0.25) is 0 Å². The summed E-state index contributed by atoms with van der Waals surface area (Å²) in [6, 6.07) is 18.6. The van der Waals surface area contributed by atoms with Crippen molar-refractivity contribution in [2.45, 2.75) is 24.8 Å². The van der Waals surface area contributed by atoms with E-state index in [1.54, 1.807) is 32.4 Å². The first kappa shape index (κ1) is 23.5. The summed E-state index contributed by atoms with van der Waals surface area (Å²) < 4.78 is 34.8. The van der Waals surface area contributed by atoms with Crippen molar-refractivity contribution in [2.24, 2.45) is 0 Å². The topological polar surface area (TPSA) is 90.4 Å². The standard InChI is InChI=1S/C26H27N3O4S/c1-16(18-8-6-9-19(12-18)20-10-7-11-21(13-20)34(5,30)31)27-26-22-14-24(32-3)25(33-4)15-23(22)28-17(2)29-26/h6-16H,1-5H3,(H,27,28,29)/t16-/m1/s1. The van der Waals surface area contributed by atoms with Crippen LogP contribution in [0.4, 0.5) is 5.82 Å². The number of methoxy groups -OCH3 is 2. The largest absolute Gasteiger partial charge is 0.493 e. The molecular weight excluding hydrogens is 450 g/mol. The van der Waals surface area contributed by atoms with Crippen molar-refractivity contribution < 1.29 is 17.9 Å². The molecule has 7 nitrogen and oxygen atoms in total. The van der Waals surface area contributed by atoms with Crippen LogP contribution < -0.4 is 14.8 Å². The van der Waals surface area contributed by atoms with E-state index in [1.165, 1.54) is 6.26 Å². The number of aryl methyl sites for hydroxylation is 1. The maximum Gasteiger partial charge on any atom is 0.175 e. The molecule has 34 heavy (non-hydrogen) atoms. The van der Waals surface area contributed by atoms with E-state index in [4.69, 9.17) is 9.47 Å². The van der Waals surface area contributed by atoms with Crippen LogP contribution in [0.3, 0.4) is 0 Å². The molecule has 1 atom stereocenters. The molecular formula is C26H27N3O4S. The van der Waals surface area contributed by atoms with Gasteiger partial charge in [-0.05, 0) is 54.8 Å². The molecule has 0 saturated carbocycles. The van der Waals surface area contributed by atoms with Crippen molar-refractivity contribution in [3.05, 3.63) is 72.1 Å². The van der Waals surface area contributed by atoms with Crippen LogP contribution in [0.1, 0.15) is 24.4 Å². The Bertz CT molecular complexity index is 1470. The van der Waals surface area contributed by atoms with Crippen LogP contribution >= 0.6 is 0 Å². The van der Waals surface area contributed by atoms with Crippen molar-refractivity contribution in [1.82, 2.24) is 9.97 Å². The normalized spacial score (nSPS) is 12.4. The molecule has 0 aliphatic heterocycles. The number of sulfone groups is 1. The molecule has 0 aliphatic rings. The fourth-order valence-corrected chi connectivity index (χ4v) is 4.53. The Balaban J connectivity index is 1.70. The van der Waals surface area contributed by atoms with Crippen molar-refractivity contribution in [3.8, 4) is 22.6 Å². The van der Waals surface area contributed by atoms with Gasteiger partial charge in [0.2, 0.25) is 0 Å². The average molecular weight is 478 g/mol. The molecule has 3 aromatic carbocycles. The molecule has 4 aromatic rings. The Morgan fingerprint density at radius 1 is 0.882 bits per heavy atom. The van der Waals surface area contributed by atoms with E-state index < -0.39 is 9.84 Å². The minimum absolute atomic E-state index is 0.0800. The van der Waals surface area contributed by atoms with Crippen LogP contribution in [-0.2, 0) is 9.84 Å². The van der Waals surface area contributed by atoms with Crippen LogP contribution in [0.15, 0.2) is 65.6 Å². The SMILES string of the molecule is COc1cc2nc(C)nc(N[C@H](C)c3cccc(-c4cccc(S(C)(=O)=O)c4)c3)c2cc1OC. The van der Waals surface area contributed by atoms with Gasteiger partial charge in [-0.2, -0.15) is 0 Å². The van der Waals surface area contributed by atoms with Crippen molar-refractivity contribution in [1.29, 1.82) is 0 Å². The Hall–Kier alpha value is -3.65. The van der Waals surface area contributed by atoms with Crippen LogP contribution in [-0.4, -0.2) is 38.9 Å². The number of nitrogens with zero attached hydrogens (tertiary/aromatic N) is 2. The van der Waals surface area contributed by atoms with Gasteiger partial charge < -0.3 is 14.8 Å². The second-order valence-corrected chi connectivity index (χ2v) is 10.2. The van der Waals surface area contributed by atoms with Crippen molar-refractivity contribution in [3.63, 3.8) is 0 Å². The highest BCUT2D eigenvalue weighted by molar-refractivity contribution is 7.90. The third-order valence-electron chi connectivity index (χ3n) is 5.65. The maximum absolute atomic E-state index is 12.0. The second kappa shape index (κ2) is 9.30. The monoisotopic (exact) mass is 477 g/mol. The number of hydrogen-bond donors (Lipinski definition) is 1. The van der Waals surface area contributed by atoms with Gasteiger partial charge in [0.05, 0.1) is 24.6 Å². The average Bonchev–Trinajstić information content (AvgIpc) is 2.82. The lowest BCUT2D eigenvalue weighted by atomic mass is 10.00. The second-order valence-electron chi connectivity index (χ2n) is 8.14. The van der Waals surface area contributed by atoms with Gasteiger partial charge in [-0.25, -0.2) is 18.4 Å². The Kier molecular flexibility index (Phi) is 6.43. The number of rotatable bonds is 7. The molecule has 0 saturated heterocycles. The highest BCUT2D eigenvalue weighted by Crippen LogP contribution is 2.35. The lowest BCUT2D eigenvalue weighted by Gasteiger charge is -2.18. The number of benzene rings is 3. The molecule has 0 spiro atoms. The van der Waals surface area contributed by atoms with E-state index in [9.17, 15) is 8.42 Å². The maximum atomic E-state index is 12.0. The molecule has 4 rings (SSSR count). The van der Waals surface area contributed by atoms with Crippen molar-refractivity contribution >= 4 is 26.6 Å². The molecule has 0 unspecified atom stereocenters. The first-order chi connectivity index (χ1) is 16.2. The van der Waals surface area contributed by atoms with Gasteiger partial charge in [0.25, 0.3) is 0 Å². The van der Waals surface area contributed by atoms with Crippen molar-refractivity contribution in [2.75, 3.05) is 25.8 Å². The molecule has 176 valence electrons. The van der Waals surface area contributed by atoms with Gasteiger partial charge in [0.15, 0.2) is 21.3 Å². The summed E-state index contributed by atoms with van der Waals surface area (Å²) in [7, 11) is -0.0911. The first-order valence-electron chi connectivity index (χ1n) is 10.8. The summed E-state index contributed by atoms with van der Waals surface area (Å²) in [6.07, 6.45) is 1.22. The predicted molar refractivity (Wildman–Crippen MR) is 134 cm³/mol. The van der Waals surface area contributed by atoms with E-state index in [1.807, 2.05) is 43.3 Å². The fourth-order valence-electron chi connectivity index (χ4n) is 3.86. The van der Waals surface area contributed by atoms with E-state index in [-0.39, 0.29) is 6.04 Å². The number of anilines is 1. The quantitative estimate of drug-likeness (QED) is 0.391. The number of hydrogen-bond acceptors (Lipinski definition) is 7. The number of fused-ring (bicyclic) bond motifs is 1. The summed E-state index contributed by atoms with van der Waals surface area (Å²) in [4.78, 5) is 9.48. The smallest absolute Gasteiger partial charge is 0.175 e. The summed E-state index contributed by atoms with van der Waals surface area (Å²) in [5, 5.41) is 4.33. The summed E-state index contributed by atoms with van der Waals surface area (Å²) in [5.74, 6) is 2.54. The molecule has 0 radical (unpaired) electrons. The Labute approximate surface area is 199 Å². The molecule has 8 heteroatoms. The lowest BCUT2D eigenvalue weighted by Crippen LogP contribution is -2.10. The summed E-state index contributed by atoms with van der Waals surface area (Å²) in [5.41, 5.74) is 3.57. The van der Waals surface area contributed by atoms with E-state index in [2.05, 4.69) is 28.3 Å². The van der Waals surface area contributed by atoms with E-state index in [0.717, 1.165) is 27.6 Å². The Morgan fingerprint density at radius 3 is 2.21 bits per heavy atom. The van der Waals surface area contributed by atoms with Gasteiger partial charge in [0.1, 0.15) is 11.6 Å². The van der Waals surface area contributed by atoms with Gasteiger partial charge >= 0.3 is 0 Å². The molecule has 0 bridgehead atoms. The van der Waals surface area contributed by atoms with Crippen LogP contribution in [0, 0.1) is 6.92 Å². The molecule has 0 fully saturated rings. The highest BCUT2D eigenvalue weighted by atomic mass is 32.2. The van der Waals surface area contributed by atoms with Crippen LogP contribution in [0.5, 0.6) is 11.5 Å². The zero-order valence-corrected chi connectivity index (χ0v) is 20.6. The van der Waals surface area contributed by atoms with Gasteiger partial charge in [-0.3, -0.25) is 0 Å². The number of nitrogens with one attached hydrogen (secondary N) is 1. The minimum Gasteiger partial charge on any atom is -0.493 e. The molecule has 1 heterocycles. The third-order valence-corrected chi connectivity index (χ3v) is 6.76. The zero-order chi connectivity index (χ0) is 24.5. The van der Waals surface area contributed by atoms with Gasteiger partial charge in [-0.1, -0.05) is 30.3 Å². The first-order valence-corrected chi connectivity index (χ1v) is 12.7. The zero-order valence-electron chi connectivity index (χ0n) is 19.8. The van der Waals surface area contributed by atoms with Crippen LogP contribution in [0.25, 0.3) is 22.0 Å². The van der Waals surface area contributed by atoms with E-state index in [0.29, 0.717) is 28.0 Å². The Morgan fingerprint density at radius 2 is 1.53 bits per heavy atom. The third kappa shape index (κ3) is 4.82. The summed E-state index contributed by atoms with van der Waals surface area (Å²) in [6.45, 7) is 3.90. The molecule has 0 amide bonds. The minimum atomic E-state index is -3.28. The predicted octanol–water partition coefficient (Wildman–Crippen LogP) is 5.20. The summed E-state index contributed by atoms with van der Waals surface area (Å²) >= 11 is 0. The van der Waals surface area contributed by atoms with Gasteiger partial charge in [-0.15, -0.1) is 0 Å². The molecule has 1 N–H and O–H groups in total. The van der Waals surface area contributed by atoms with E-state index >= 15 is 0 Å². The number of ether oxygens (including phenoxy) is 2. The lowest BCUT2D eigenvalue weighted by molar-refractivity contribution is 0.356. The fraction of sp³-hybridized carbons (Fsp3) is 0.231. The van der Waals surface area contributed by atoms with Gasteiger partial charge in [0, 0.05) is 23.8 Å². The molecule has 0 aliphatic carbocycles. The highest BCUT2D eigenvalue weighted by Gasteiger charge is 2.15. The number of aromatic nitrogens is 2. The molecule has 1 aromatic heterocycles.